The molecule has 0 spiro atoms. The number of benzene rings is 1. The molecule has 0 aliphatic carbocycles. The van der Waals surface area contributed by atoms with Crippen LogP contribution in [-0.4, -0.2) is 12.0 Å². The largest absolute Gasteiger partial charge is 0.481 e. The van der Waals surface area contributed by atoms with Gasteiger partial charge in [0.15, 0.2) is 18.5 Å². The first kappa shape index (κ1) is 15.3. The highest BCUT2D eigenvalue weighted by Gasteiger charge is 2.15. The zero-order valence-corrected chi connectivity index (χ0v) is 12.8. The number of rotatable bonds is 5. The molecule has 1 aromatic heterocycles. The number of nitrogens with one attached hydrogen (secondary N) is 2. The van der Waals surface area contributed by atoms with E-state index in [1.54, 1.807) is 25.1 Å². The molecule has 0 saturated heterocycles. The lowest BCUT2D eigenvalue weighted by molar-refractivity contribution is -0.378. The van der Waals surface area contributed by atoms with Crippen molar-refractivity contribution in [2.24, 2.45) is 0 Å². The Kier molecular flexibility index (Phi) is 5.17. The van der Waals surface area contributed by atoms with Crippen LogP contribution < -0.4 is 15.0 Å². The first-order chi connectivity index (χ1) is 10.1. The Balaban J connectivity index is 1.90. The Morgan fingerprint density at radius 3 is 2.90 bits per heavy atom. The van der Waals surface area contributed by atoms with E-state index in [1.807, 2.05) is 31.5 Å². The van der Waals surface area contributed by atoms with Crippen molar-refractivity contribution >= 4 is 17.5 Å². The highest BCUT2D eigenvalue weighted by molar-refractivity contribution is 6.30. The molecule has 0 saturated carbocycles. The number of pyridine rings is 1. The lowest BCUT2D eigenvalue weighted by atomic mass is 10.2. The molecule has 21 heavy (non-hydrogen) atoms. The van der Waals surface area contributed by atoms with Crippen LogP contribution in [0.1, 0.15) is 18.1 Å². The summed E-state index contributed by atoms with van der Waals surface area (Å²) in [4.78, 5) is 15.0. The predicted octanol–water partition coefficient (Wildman–Crippen LogP) is 2.55. The maximum atomic E-state index is 12.0. The quantitative estimate of drug-likeness (QED) is 0.923. The Labute approximate surface area is 129 Å². The van der Waals surface area contributed by atoms with Gasteiger partial charge in [-0.2, -0.15) is 0 Å². The van der Waals surface area contributed by atoms with Crippen molar-refractivity contribution in [2.75, 3.05) is 0 Å². The van der Waals surface area contributed by atoms with Crippen molar-refractivity contribution in [1.29, 1.82) is 0 Å². The molecule has 110 valence electrons. The molecule has 0 aliphatic heterocycles. The molecule has 1 unspecified atom stereocenters. The highest BCUT2D eigenvalue weighted by atomic mass is 35.5. The zero-order chi connectivity index (χ0) is 15.2. The van der Waals surface area contributed by atoms with Gasteiger partial charge >= 0.3 is 0 Å². The lowest BCUT2D eigenvalue weighted by Crippen LogP contribution is -2.36. The van der Waals surface area contributed by atoms with Crippen LogP contribution in [0.3, 0.4) is 0 Å². The number of aryl methyl sites for hydroxylation is 1. The van der Waals surface area contributed by atoms with Crippen LogP contribution in [-0.2, 0) is 11.3 Å². The summed E-state index contributed by atoms with van der Waals surface area (Å²) in [6.07, 6.45) is 3.09. The molecule has 0 radical (unpaired) electrons. The van der Waals surface area contributed by atoms with Crippen LogP contribution in [0.2, 0.25) is 5.02 Å². The normalized spacial score (nSPS) is 11.8. The molecule has 2 rings (SSSR count). The van der Waals surface area contributed by atoms with Crippen LogP contribution in [0.25, 0.3) is 0 Å². The second kappa shape index (κ2) is 7.09. The molecular weight excluding hydrogens is 288 g/mol. The highest BCUT2D eigenvalue weighted by Crippen LogP contribution is 2.22. The van der Waals surface area contributed by atoms with Gasteiger partial charge in [-0.15, -0.1) is 0 Å². The van der Waals surface area contributed by atoms with Crippen molar-refractivity contribution in [3.8, 4) is 5.75 Å². The average molecular weight is 306 g/mol. The van der Waals surface area contributed by atoms with Crippen molar-refractivity contribution in [1.82, 2.24) is 5.32 Å². The van der Waals surface area contributed by atoms with Crippen LogP contribution in [0.4, 0.5) is 0 Å². The minimum atomic E-state index is -0.572. The van der Waals surface area contributed by atoms with E-state index in [0.717, 1.165) is 11.1 Å². The summed E-state index contributed by atoms with van der Waals surface area (Å²) in [5, 5.41) is 3.49. The lowest BCUT2D eigenvalue weighted by Gasteiger charge is -2.16. The number of hydrogen-bond acceptors (Lipinski definition) is 2. The number of hydrogen-bond donors (Lipinski definition) is 1. The Bertz CT molecular complexity index is 617. The first-order valence-electron chi connectivity index (χ1n) is 6.72. The summed E-state index contributed by atoms with van der Waals surface area (Å²) in [5.41, 5.74) is 1.90. The van der Waals surface area contributed by atoms with Gasteiger partial charge in [-0.3, -0.25) is 4.79 Å². The third kappa shape index (κ3) is 4.46. The minimum Gasteiger partial charge on any atom is -0.481 e. The molecule has 5 heteroatoms. The number of aromatic amines is 1. The van der Waals surface area contributed by atoms with Crippen LogP contribution in [0.15, 0.2) is 42.7 Å². The molecular formula is C16H18ClN2O2+. The molecule has 0 aliphatic rings. The van der Waals surface area contributed by atoms with E-state index in [2.05, 4.69) is 10.3 Å². The number of carbonyl (C=O) groups is 1. The molecule has 2 aromatic rings. The summed E-state index contributed by atoms with van der Waals surface area (Å²) < 4.78 is 5.67. The van der Waals surface area contributed by atoms with Crippen molar-refractivity contribution < 1.29 is 14.5 Å². The second-order valence-corrected chi connectivity index (χ2v) is 5.24. The van der Waals surface area contributed by atoms with Crippen molar-refractivity contribution in [2.45, 2.75) is 26.5 Å². The fourth-order valence-electron chi connectivity index (χ4n) is 1.86. The minimum absolute atomic E-state index is 0.159. The topological polar surface area (TPSA) is 52.5 Å². The van der Waals surface area contributed by atoms with Crippen LogP contribution >= 0.6 is 11.6 Å². The van der Waals surface area contributed by atoms with E-state index in [-0.39, 0.29) is 5.91 Å². The maximum absolute atomic E-state index is 12.0. The predicted molar refractivity (Wildman–Crippen MR) is 81.1 cm³/mol. The van der Waals surface area contributed by atoms with Gasteiger partial charge in [-0.25, -0.2) is 4.98 Å². The van der Waals surface area contributed by atoms with E-state index >= 15 is 0 Å². The SMILES string of the molecule is Cc1cc(Cl)ccc1OC(C)C(=O)NCc1ccc[nH+]c1. The monoisotopic (exact) mass is 305 g/mol. The fourth-order valence-corrected chi connectivity index (χ4v) is 2.09. The standard InChI is InChI=1S/C16H17ClN2O2/c1-11-8-14(17)5-6-15(11)21-12(2)16(20)19-10-13-4-3-7-18-9-13/h3-9,12H,10H2,1-2H3,(H,19,20)/p+1. The van der Waals surface area contributed by atoms with E-state index in [1.165, 1.54) is 0 Å². The third-order valence-corrected chi connectivity index (χ3v) is 3.28. The van der Waals surface area contributed by atoms with E-state index in [0.29, 0.717) is 17.3 Å². The number of carbonyl (C=O) groups excluding carboxylic acids is 1. The number of aromatic nitrogens is 1. The van der Waals surface area contributed by atoms with Crippen LogP contribution in [0.5, 0.6) is 5.75 Å². The molecule has 1 aromatic carbocycles. The van der Waals surface area contributed by atoms with Crippen LogP contribution in [0, 0.1) is 6.92 Å². The molecule has 2 N–H and O–H groups in total. The van der Waals surface area contributed by atoms with Gasteiger partial charge in [0.1, 0.15) is 5.75 Å². The summed E-state index contributed by atoms with van der Waals surface area (Å²) in [7, 11) is 0. The van der Waals surface area contributed by atoms with Crippen molar-refractivity contribution in [3.05, 3.63) is 58.9 Å². The van der Waals surface area contributed by atoms with Gasteiger partial charge in [0, 0.05) is 23.2 Å². The fraction of sp³-hybridized carbons (Fsp3) is 0.250. The number of ether oxygens (including phenoxy) is 1. The average Bonchev–Trinajstić information content (AvgIpc) is 2.48. The van der Waals surface area contributed by atoms with E-state index in [9.17, 15) is 4.79 Å². The first-order valence-corrected chi connectivity index (χ1v) is 7.09. The summed E-state index contributed by atoms with van der Waals surface area (Å²) in [6.45, 7) is 4.08. The Morgan fingerprint density at radius 2 is 2.24 bits per heavy atom. The summed E-state index contributed by atoms with van der Waals surface area (Å²) >= 11 is 5.90. The van der Waals surface area contributed by atoms with Crippen molar-refractivity contribution in [3.63, 3.8) is 0 Å². The van der Waals surface area contributed by atoms with E-state index < -0.39 is 6.10 Å². The number of amides is 1. The molecule has 0 bridgehead atoms. The number of halogens is 1. The second-order valence-electron chi connectivity index (χ2n) is 4.80. The Morgan fingerprint density at radius 1 is 1.43 bits per heavy atom. The van der Waals surface area contributed by atoms with Gasteiger partial charge in [-0.05, 0) is 43.7 Å². The molecule has 1 heterocycles. The summed E-state index contributed by atoms with van der Waals surface area (Å²) in [5.74, 6) is 0.503. The summed E-state index contributed by atoms with van der Waals surface area (Å²) in [6, 6.07) is 9.15. The molecule has 1 atom stereocenters. The smallest absolute Gasteiger partial charge is 0.261 e. The van der Waals surface area contributed by atoms with Gasteiger partial charge in [-0.1, -0.05) is 11.6 Å². The van der Waals surface area contributed by atoms with Gasteiger partial charge in [0.25, 0.3) is 5.91 Å². The van der Waals surface area contributed by atoms with Gasteiger partial charge < -0.3 is 10.1 Å². The van der Waals surface area contributed by atoms with Gasteiger partial charge in [0.05, 0.1) is 0 Å². The molecule has 1 amide bonds. The van der Waals surface area contributed by atoms with E-state index in [4.69, 9.17) is 16.3 Å². The Hall–Kier alpha value is -2.07. The maximum Gasteiger partial charge on any atom is 0.261 e. The number of H-pyrrole nitrogens is 1. The van der Waals surface area contributed by atoms with Gasteiger partial charge in [0.2, 0.25) is 0 Å². The molecule has 0 fully saturated rings. The third-order valence-electron chi connectivity index (χ3n) is 3.05. The zero-order valence-electron chi connectivity index (χ0n) is 12.0. The molecule has 4 nitrogen and oxygen atoms in total.